The maximum absolute atomic E-state index is 12.6. The molecule has 1 aliphatic heterocycles. The van der Waals surface area contributed by atoms with E-state index in [9.17, 15) is 22.8 Å². The Morgan fingerprint density at radius 1 is 1.19 bits per heavy atom. The van der Waals surface area contributed by atoms with Crippen molar-refractivity contribution in [2.75, 3.05) is 11.9 Å². The van der Waals surface area contributed by atoms with Crippen LogP contribution in [0.15, 0.2) is 12.1 Å². The second kappa shape index (κ2) is 6.81. The lowest BCUT2D eigenvalue weighted by Crippen LogP contribution is -2.32. The first kappa shape index (κ1) is 20.1. The maximum atomic E-state index is 12.6. The molecule has 26 heavy (non-hydrogen) atoms. The minimum atomic E-state index is -5.08. The highest BCUT2D eigenvalue weighted by molar-refractivity contribution is 6.05. The molecular weight excluding hydrogens is 351 g/mol. The fourth-order valence-electron chi connectivity index (χ4n) is 2.61. The van der Waals surface area contributed by atoms with Crippen molar-refractivity contribution in [3.63, 3.8) is 0 Å². The molecule has 144 valence electrons. The molecule has 0 saturated heterocycles. The van der Waals surface area contributed by atoms with Gasteiger partial charge in [-0.3, -0.25) is 4.79 Å². The number of rotatable bonds is 2. The number of anilines is 1. The Hall–Kier alpha value is -2.25. The number of fused-ring (bicyclic) bond motifs is 1. The topological polar surface area (TPSA) is 64.6 Å². The van der Waals surface area contributed by atoms with Crippen molar-refractivity contribution in [1.29, 1.82) is 0 Å². The minimum absolute atomic E-state index is 0.0345. The number of amides is 1. The average Bonchev–Trinajstić information content (AvgIpc) is 2.48. The fraction of sp³-hybridized carbons (Fsp3) is 0.556. The summed E-state index contributed by atoms with van der Waals surface area (Å²) in [5, 5.41) is 1.75. The summed E-state index contributed by atoms with van der Waals surface area (Å²) in [6, 6.07) is 2.84. The van der Waals surface area contributed by atoms with Gasteiger partial charge in [-0.1, -0.05) is 19.9 Å². The second-order valence-electron chi connectivity index (χ2n) is 7.44. The number of hydrogen-bond acceptors (Lipinski definition) is 4. The van der Waals surface area contributed by atoms with Gasteiger partial charge in [0.25, 0.3) is 0 Å². The van der Waals surface area contributed by atoms with E-state index >= 15 is 0 Å². The highest BCUT2D eigenvalue weighted by Gasteiger charge is 2.40. The molecule has 1 aromatic rings. The zero-order valence-electron chi connectivity index (χ0n) is 15.3. The van der Waals surface area contributed by atoms with Crippen molar-refractivity contribution in [1.82, 2.24) is 0 Å². The molecule has 2 atom stereocenters. The van der Waals surface area contributed by atoms with E-state index < -0.39 is 23.7 Å². The van der Waals surface area contributed by atoms with Crippen LogP contribution in [-0.4, -0.2) is 30.3 Å². The Bertz CT molecular complexity index is 722. The molecule has 0 fully saturated rings. The Labute approximate surface area is 149 Å². The van der Waals surface area contributed by atoms with E-state index in [1.54, 1.807) is 32.2 Å². The van der Waals surface area contributed by atoms with Crippen molar-refractivity contribution < 1.29 is 32.2 Å². The first-order valence-electron chi connectivity index (χ1n) is 8.22. The van der Waals surface area contributed by atoms with Gasteiger partial charge in [-0.15, -0.1) is 0 Å². The highest BCUT2D eigenvalue weighted by Crippen LogP contribution is 2.42. The van der Waals surface area contributed by atoms with Crippen LogP contribution in [0, 0.1) is 5.92 Å². The molecule has 0 aliphatic carbocycles. The molecule has 0 aromatic heterocycles. The van der Waals surface area contributed by atoms with Gasteiger partial charge in [0.1, 0.15) is 16.9 Å². The van der Waals surface area contributed by atoms with E-state index in [4.69, 9.17) is 9.47 Å². The number of ether oxygens (including phenoxy) is 2. The van der Waals surface area contributed by atoms with Gasteiger partial charge in [0.2, 0.25) is 0 Å². The van der Waals surface area contributed by atoms with E-state index in [0.717, 1.165) is 0 Å². The first-order valence-corrected chi connectivity index (χ1v) is 8.22. The zero-order valence-corrected chi connectivity index (χ0v) is 15.3. The number of esters is 1. The number of alkyl halides is 3. The normalized spacial score (nSPS) is 20.0. The number of nitrogens with one attached hydrogen (secondary N) is 1. The monoisotopic (exact) mass is 373 g/mol. The van der Waals surface area contributed by atoms with E-state index in [1.807, 2.05) is 13.8 Å². The molecule has 0 saturated carbocycles. The van der Waals surface area contributed by atoms with Crippen LogP contribution in [0.2, 0.25) is 0 Å². The maximum Gasteiger partial charge on any atom is 0.471 e. The Kier molecular flexibility index (Phi) is 5.26. The molecule has 1 aliphatic rings. The summed E-state index contributed by atoms with van der Waals surface area (Å²) >= 11 is 0. The van der Waals surface area contributed by atoms with Gasteiger partial charge in [-0.05, 0) is 44.2 Å². The summed E-state index contributed by atoms with van der Waals surface area (Å²) in [6.45, 7) is 9.14. The number of carbonyl (C=O) groups excluding carboxylic acids is 2. The molecular formula is C18H22F3NO4. The Morgan fingerprint density at radius 2 is 1.81 bits per heavy atom. The van der Waals surface area contributed by atoms with E-state index in [2.05, 4.69) is 0 Å². The number of benzene rings is 1. The molecule has 0 radical (unpaired) electrons. The lowest BCUT2D eigenvalue weighted by molar-refractivity contribution is -0.167. The van der Waals surface area contributed by atoms with E-state index in [-0.39, 0.29) is 28.8 Å². The van der Waals surface area contributed by atoms with Crippen molar-refractivity contribution in [3.05, 3.63) is 23.3 Å². The van der Waals surface area contributed by atoms with Crippen molar-refractivity contribution in [3.8, 4) is 5.75 Å². The minimum Gasteiger partial charge on any atom is -0.492 e. The van der Waals surface area contributed by atoms with Crippen LogP contribution < -0.4 is 10.1 Å². The highest BCUT2D eigenvalue weighted by atomic mass is 19.4. The third kappa shape index (κ3) is 4.28. The summed E-state index contributed by atoms with van der Waals surface area (Å²) in [5.74, 6) is -2.66. The van der Waals surface area contributed by atoms with Gasteiger partial charge in [0, 0.05) is 0 Å². The summed E-state index contributed by atoms with van der Waals surface area (Å²) < 4.78 is 48.9. The van der Waals surface area contributed by atoms with Crippen LogP contribution in [0.5, 0.6) is 5.75 Å². The molecule has 1 heterocycles. The Balaban J connectivity index is 2.55. The van der Waals surface area contributed by atoms with Gasteiger partial charge < -0.3 is 14.8 Å². The predicted octanol–water partition coefficient (Wildman–Crippen LogP) is 4.27. The van der Waals surface area contributed by atoms with Gasteiger partial charge in [-0.25, -0.2) is 4.79 Å². The zero-order chi connectivity index (χ0) is 19.9. The van der Waals surface area contributed by atoms with Crippen LogP contribution in [0.1, 0.15) is 56.5 Å². The van der Waals surface area contributed by atoms with Crippen molar-refractivity contribution >= 4 is 17.6 Å². The van der Waals surface area contributed by atoms with Gasteiger partial charge in [0.05, 0.1) is 12.3 Å². The molecule has 5 nitrogen and oxygen atoms in total. The molecule has 1 aromatic carbocycles. The number of hydrogen-bond donors (Lipinski definition) is 1. The van der Waals surface area contributed by atoms with Crippen LogP contribution in [0.25, 0.3) is 0 Å². The number of carbonyl (C=O) groups is 2. The summed E-state index contributed by atoms with van der Waals surface area (Å²) in [6.07, 6.45) is -5.08. The summed E-state index contributed by atoms with van der Waals surface area (Å²) in [5.41, 5.74) is -0.663. The molecule has 2 unspecified atom stereocenters. The largest absolute Gasteiger partial charge is 0.492 e. The third-order valence-corrected chi connectivity index (χ3v) is 4.13. The van der Waals surface area contributed by atoms with Gasteiger partial charge in [0.15, 0.2) is 0 Å². The number of halogens is 3. The quantitative estimate of drug-likeness (QED) is 0.786. The summed E-state index contributed by atoms with van der Waals surface area (Å²) in [4.78, 5) is 24.0. The van der Waals surface area contributed by atoms with Crippen LogP contribution >= 0.6 is 0 Å². The van der Waals surface area contributed by atoms with Crippen molar-refractivity contribution in [2.45, 2.75) is 52.3 Å². The lowest BCUT2D eigenvalue weighted by Gasteiger charge is -2.31. The molecule has 1 N–H and O–H groups in total. The summed E-state index contributed by atoms with van der Waals surface area (Å²) in [7, 11) is 0. The van der Waals surface area contributed by atoms with Crippen LogP contribution in [0.3, 0.4) is 0 Å². The average molecular weight is 373 g/mol. The van der Waals surface area contributed by atoms with Crippen molar-refractivity contribution in [2.24, 2.45) is 5.92 Å². The molecule has 0 spiro atoms. The fourth-order valence-corrected chi connectivity index (χ4v) is 2.61. The van der Waals surface area contributed by atoms with E-state index in [1.165, 1.54) is 6.07 Å². The van der Waals surface area contributed by atoms with Crippen LogP contribution in [0.4, 0.5) is 18.9 Å². The second-order valence-corrected chi connectivity index (χ2v) is 7.44. The SMILES string of the molecule is CC1COc2c(ccc(NC(=O)C(F)(F)F)c2C(=O)OC(C)(C)C)C1C. The molecule has 2 rings (SSSR count). The Morgan fingerprint density at radius 3 is 2.35 bits per heavy atom. The third-order valence-electron chi connectivity index (χ3n) is 4.13. The molecule has 1 amide bonds. The predicted molar refractivity (Wildman–Crippen MR) is 89.4 cm³/mol. The van der Waals surface area contributed by atoms with Crippen LogP contribution in [-0.2, 0) is 9.53 Å². The molecule has 0 bridgehead atoms. The molecule has 8 heteroatoms. The first-order chi connectivity index (χ1) is 11.8. The standard InChI is InChI=1S/C18H22F3NO4/c1-9-8-25-14-11(10(9)2)6-7-12(22-16(24)18(19,20)21)13(14)15(23)26-17(3,4)5/h6-7,9-10H,8H2,1-5H3,(H,22,24). The van der Waals surface area contributed by atoms with Gasteiger partial charge in [-0.2, -0.15) is 13.2 Å². The smallest absolute Gasteiger partial charge is 0.471 e. The lowest BCUT2D eigenvalue weighted by atomic mass is 9.85. The van der Waals surface area contributed by atoms with E-state index in [0.29, 0.717) is 12.2 Å². The van der Waals surface area contributed by atoms with Gasteiger partial charge >= 0.3 is 18.1 Å².